The van der Waals surface area contributed by atoms with E-state index in [2.05, 4.69) is 10.3 Å². The van der Waals surface area contributed by atoms with Gasteiger partial charge in [0.25, 0.3) is 0 Å². The van der Waals surface area contributed by atoms with Gasteiger partial charge >= 0.3 is 5.97 Å². The Kier molecular flexibility index (Phi) is 8.20. The summed E-state index contributed by atoms with van der Waals surface area (Å²) in [6.07, 6.45) is 6.49. The molecule has 2 aromatic carbocycles. The average Bonchev–Trinajstić information content (AvgIpc) is 3.56. The fourth-order valence-electron chi connectivity index (χ4n) is 6.70. The van der Waals surface area contributed by atoms with Gasteiger partial charge < -0.3 is 24.8 Å². The minimum atomic E-state index is -1.37. The van der Waals surface area contributed by atoms with Crippen LogP contribution in [0.25, 0.3) is 22.3 Å². The molecule has 0 saturated heterocycles. The molecule has 1 aliphatic heterocycles. The van der Waals surface area contributed by atoms with Crippen LogP contribution in [0.1, 0.15) is 44.1 Å². The van der Waals surface area contributed by atoms with Crippen molar-refractivity contribution < 1.29 is 33.4 Å². The number of carboxylic acid groups (broad SMARTS) is 1. The summed E-state index contributed by atoms with van der Waals surface area (Å²) in [4.78, 5) is 50.9. The van der Waals surface area contributed by atoms with Crippen LogP contribution in [0.2, 0.25) is 0 Å². The van der Waals surface area contributed by atoms with Gasteiger partial charge in [0.05, 0.1) is 29.8 Å². The summed E-state index contributed by atoms with van der Waals surface area (Å²) in [6, 6.07) is 9.55. The standard InChI is InChI=1S/C34H37FN4O6/c1-19-27(44-3)13-12-24-28(19)36-29(20-9-8-11-22(35)15-20)37-31(24)45-23-16-25-26(17-23)32(41)39(2)14-7-5-4-6-10-21-18-34(21,33(42)43)38-30(25)40/h6,8-13,15,21,23,25-26H,4-5,7,14,16-18H2,1-3H3,(H,38,40)(H,42,43)/b10-6-. The van der Waals surface area contributed by atoms with E-state index in [1.165, 1.54) is 12.1 Å². The number of carbonyl (C=O) groups is 3. The molecule has 45 heavy (non-hydrogen) atoms. The van der Waals surface area contributed by atoms with Crippen LogP contribution in [0.15, 0.2) is 48.6 Å². The number of carboxylic acids is 1. The highest BCUT2D eigenvalue weighted by Gasteiger charge is 2.61. The molecule has 5 atom stereocenters. The smallest absolute Gasteiger partial charge is 0.330 e. The molecule has 2 heterocycles. The molecule has 3 aliphatic rings. The molecule has 2 fully saturated rings. The highest BCUT2D eigenvalue weighted by Crippen LogP contribution is 2.46. The Morgan fingerprint density at radius 1 is 1.13 bits per heavy atom. The minimum Gasteiger partial charge on any atom is -0.496 e. The summed E-state index contributed by atoms with van der Waals surface area (Å²) in [6.45, 7) is 2.42. The molecule has 0 bridgehead atoms. The van der Waals surface area contributed by atoms with E-state index in [1.807, 2.05) is 19.1 Å². The summed E-state index contributed by atoms with van der Waals surface area (Å²) >= 11 is 0. The number of nitrogens with zero attached hydrogens (tertiary/aromatic N) is 3. The molecule has 0 radical (unpaired) electrons. The fourth-order valence-corrected chi connectivity index (χ4v) is 6.70. The zero-order chi connectivity index (χ0) is 31.9. The number of carbonyl (C=O) groups excluding carboxylic acids is 2. The molecule has 6 rings (SSSR count). The van der Waals surface area contributed by atoms with Crippen molar-refractivity contribution in [2.75, 3.05) is 20.7 Å². The Bertz CT molecular complexity index is 1690. The number of methoxy groups -OCH3 is 1. The van der Waals surface area contributed by atoms with Crippen LogP contribution in [0.4, 0.5) is 4.39 Å². The third-order valence-electron chi connectivity index (χ3n) is 9.39. The summed E-state index contributed by atoms with van der Waals surface area (Å²) in [5, 5.41) is 13.5. The molecule has 2 saturated carbocycles. The molecular formula is C34H37FN4O6. The third-order valence-corrected chi connectivity index (χ3v) is 9.39. The summed E-state index contributed by atoms with van der Waals surface area (Å²) in [5.74, 6) is -2.78. The van der Waals surface area contributed by atoms with Crippen molar-refractivity contribution in [2.45, 2.75) is 57.1 Å². The van der Waals surface area contributed by atoms with Gasteiger partial charge in [0.15, 0.2) is 5.82 Å². The second-order valence-corrected chi connectivity index (χ2v) is 12.3. The second kappa shape index (κ2) is 12.1. The topological polar surface area (TPSA) is 131 Å². The Labute approximate surface area is 260 Å². The number of amides is 2. The van der Waals surface area contributed by atoms with Crippen molar-refractivity contribution in [3.63, 3.8) is 0 Å². The van der Waals surface area contributed by atoms with E-state index in [0.717, 1.165) is 24.8 Å². The lowest BCUT2D eigenvalue weighted by Gasteiger charge is -2.26. The largest absolute Gasteiger partial charge is 0.496 e. The summed E-state index contributed by atoms with van der Waals surface area (Å²) < 4.78 is 26.2. The van der Waals surface area contributed by atoms with Crippen LogP contribution in [-0.2, 0) is 14.4 Å². The van der Waals surface area contributed by atoms with Crippen LogP contribution >= 0.6 is 0 Å². The van der Waals surface area contributed by atoms with E-state index < -0.39 is 41.2 Å². The number of rotatable bonds is 5. The van der Waals surface area contributed by atoms with Crippen molar-refractivity contribution >= 4 is 28.7 Å². The Balaban J connectivity index is 1.35. The van der Waals surface area contributed by atoms with Crippen LogP contribution in [0.5, 0.6) is 11.6 Å². The molecule has 2 aliphatic carbocycles. The van der Waals surface area contributed by atoms with Crippen molar-refractivity contribution in [1.29, 1.82) is 0 Å². The number of fused-ring (bicyclic) bond motifs is 3. The molecule has 5 unspecified atom stereocenters. The van der Waals surface area contributed by atoms with Crippen molar-refractivity contribution in [3.8, 4) is 23.0 Å². The van der Waals surface area contributed by atoms with Gasteiger partial charge in [-0.05, 0) is 69.7 Å². The number of benzene rings is 2. The maximum atomic E-state index is 14.2. The first kappa shape index (κ1) is 30.5. The predicted octanol–water partition coefficient (Wildman–Crippen LogP) is 4.68. The zero-order valence-corrected chi connectivity index (χ0v) is 25.6. The molecular weight excluding hydrogens is 579 g/mol. The summed E-state index contributed by atoms with van der Waals surface area (Å²) in [7, 11) is 3.31. The van der Waals surface area contributed by atoms with Crippen molar-refractivity contribution in [1.82, 2.24) is 20.2 Å². The van der Waals surface area contributed by atoms with Gasteiger partial charge in [0.1, 0.15) is 23.2 Å². The average molecular weight is 617 g/mol. The third kappa shape index (κ3) is 5.83. The number of allylic oxidation sites excluding steroid dienone is 1. The molecule has 1 aromatic heterocycles. The lowest BCUT2D eigenvalue weighted by molar-refractivity contribution is -0.145. The van der Waals surface area contributed by atoms with E-state index >= 15 is 0 Å². The van der Waals surface area contributed by atoms with Crippen molar-refractivity contribution in [2.24, 2.45) is 17.8 Å². The Morgan fingerprint density at radius 3 is 2.69 bits per heavy atom. The quantitative estimate of drug-likeness (QED) is 0.395. The highest BCUT2D eigenvalue weighted by atomic mass is 19.1. The zero-order valence-electron chi connectivity index (χ0n) is 25.6. The van der Waals surface area contributed by atoms with Gasteiger partial charge in [-0.3, -0.25) is 9.59 Å². The van der Waals surface area contributed by atoms with E-state index in [4.69, 9.17) is 14.5 Å². The maximum Gasteiger partial charge on any atom is 0.330 e. The number of ether oxygens (including phenoxy) is 2. The van der Waals surface area contributed by atoms with Gasteiger partial charge in [-0.2, -0.15) is 4.98 Å². The molecule has 10 nitrogen and oxygen atoms in total. The molecule has 236 valence electrons. The number of aliphatic carboxylic acids is 1. The normalized spacial score (nSPS) is 27.6. The number of nitrogens with one attached hydrogen (secondary N) is 1. The first-order valence-electron chi connectivity index (χ1n) is 15.4. The number of aryl methyl sites for hydroxylation is 1. The molecule has 11 heteroatoms. The van der Waals surface area contributed by atoms with E-state index in [9.17, 15) is 23.9 Å². The second-order valence-electron chi connectivity index (χ2n) is 12.3. The molecule has 3 aromatic rings. The van der Waals surface area contributed by atoms with Crippen LogP contribution in [0, 0.1) is 30.5 Å². The highest BCUT2D eigenvalue weighted by molar-refractivity contribution is 5.94. The number of halogens is 1. The maximum absolute atomic E-state index is 14.2. The van der Waals surface area contributed by atoms with Crippen LogP contribution in [0.3, 0.4) is 0 Å². The van der Waals surface area contributed by atoms with Crippen molar-refractivity contribution in [3.05, 3.63) is 59.9 Å². The fraction of sp³-hybridized carbons (Fsp3) is 0.441. The monoisotopic (exact) mass is 616 g/mol. The SMILES string of the molecule is COc1ccc2c(OC3CC4C(=O)NC5(C(=O)O)CC5/C=C\CCCCN(C)C(=O)C4C3)nc(-c3cccc(F)c3)nc2c1C. The molecule has 0 spiro atoms. The van der Waals surface area contributed by atoms with E-state index in [-0.39, 0.29) is 36.4 Å². The Morgan fingerprint density at radius 2 is 1.93 bits per heavy atom. The minimum absolute atomic E-state index is 0.167. The lowest BCUT2D eigenvalue weighted by Crippen LogP contribution is -2.49. The van der Waals surface area contributed by atoms with E-state index in [0.29, 0.717) is 35.2 Å². The van der Waals surface area contributed by atoms with Crippen LogP contribution in [-0.4, -0.2) is 70.1 Å². The number of hydrogen-bond donors (Lipinski definition) is 2. The first-order chi connectivity index (χ1) is 21.6. The van der Waals surface area contributed by atoms with E-state index in [1.54, 1.807) is 43.3 Å². The molecule has 2 amide bonds. The first-order valence-corrected chi connectivity index (χ1v) is 15.4. The van der Waals surface area contributed by atoms with Gasteiger partial charge in [-0.25, -0.2) is 14.2 Å². The lowest BCUT2D eigenvalue weighted by atomic mass is 9.93. The van der Waals surface area contributed by atoms with Gasteiger partial charge in [0.2, 0.25) is 17.7 Å². The van der Waals surface area contributed by atoms with Crippen LogP contribution < -0.4 is 14.8 Å². The van der Waals surface area contributed by atoms with Gasteiger partial charge in [-0.15, -0.1) is 0 Å². The number of aromatic nitrogens is 2. The molecule has 2 N–H and O–H groups in total. The number of hydrogen-bond acceptors (Lipinski definition) is 7. The predicted molar refractivity (Wildman–Crippen MR) is 164 cm³/mol. The van der Waals surface area contributed by atoms with Gasteiger partial charge in [-0.1, -0.05) is 24.3 Å². The Hall–Kier alpha value is -4.54. The summed E-state index contributed by atoms with van der Waals surface area (Å²) in [5.41, 5.74) is 0.421. The van der Waals surface area contributed by atoms with Gasteiger partial charge in [0, 0.05) is 30.6 Å².